The summed E-state index contributed by atoms with van der Waals surface area (Å²) in [6, 6.07) is 11.3. The van der Waals surface area contributed by atoms with Gasteiger partial charge in [-0.25, -0.2) is 18.7 Å². The van der Waals surface area contributed by atoms with Gasteiger partial charge in [-0.2, -0.15) is 0 Å². The van der Waals surface area contributed by atoms with Gasteiger partial charge in [-0.05, 0) is 43.3 Å². The highest BCUT2D eigenvalue weighted by atomic mass is 35.5. The van der Waals surface area contributed by atoms with Gasteiger partial charge in [0.05, 0.1) is 10.7 Å². The van der Waals surface area contributed by atoms with Crippen LogP contribution in [0.5, 0.6) is 0 Å². The van der Waals surface area contributed by atoms with E-state index in [4.69, 9.17) is 11.6 Å². The number of carbonyl (C=O) groups excluding carboxylic acids is 1. The minimum Gasteiger partial charge on any atom is -0.322 e. The van der Waals surface area contributed by atoms with Gasteiger partial charge >= 0.3 is 0 Å². The highest BCUT2D eigenvalue weighted by molar-refractivity contribution is 6.31. The van der Waals surface area contributed by atoms with Gasteiger partial charge in [0.25, 0.3) is 5.91 Å². The van der Waals surface area contributed by atoms with Gasteiger partial charge in [0, 0.05) is 11.4 Å². The van der Waals surface area contributed by atoms with E-state index in [9.17, 15) is 13.6 Å². The first kappa shape index (κ1) is 17.8. The summed E-state index contributed by atoms with van der Waals surface area (Å²) in [4.78, 5) is 20.6. The van der Waals surface area contributed by atoms with Gasteiger partial charge in [0.15, 0.2) is 0 Å². The second-order valence-electron chi connectivity index (χ2n) is 5.41. The van der Waals surface area contributed by atoms with Crippen LogP contribution in [0.25, 0.3) is 0 Å². The molecule has 0 atom stereocenters. The average molecular weight is 375 g/mol. The maximum Gasteiger partial charge on any atom is 0.274 e. The fourth-order valence-electron chi connectivity index (χ4n) is 2.19. The first-order valence-electron chi connectivity index (χ1n) is 7.56. The van der Waals surface area contributed by atoms with Crippen molar-refractivity contribution in [3.05, 3.63) is 76.6 Å². The molecule has 5 nitrogen and oxygen atoms in total. The van der Waals surface area contributed by atoms with Crippen molar-refractivity contribution in [1.82, 2.24) is 9.97 Å². The lowest BCUT2D eigenvalue weighted by molar-refractivity contribution is 0.102. The van der Waals surface area contributed by atoms with Crippen LogP contribution in [-0.2, 0) is 0 Å². The number of nitrogens with one attached hydrogen (secondary N) is 2. The zero-order chi connectivity index (χ0) is 18.7. The topological polar surface area (TPSA) is 66.9 Å². The molecule has 0 radical (unpaired) electrons. The Kier molecular flexibility index (Phi) is 5.09. The van der Waals surface area contributed by atoms with Crippen molar-refractivity contribution >= 4 is 34.8 Å². The fourth-order valence-corrected chi connectivity index (χ4v) is 2.37. The molecule has 0 saturated heterocycles. The molecule has 0 aliphatic heterocycles. The maximum atomic E-state index is 13.8. The molecule has 3 rings (SSSR count). The van der Waals surface area contributed by atoms with Crippen molar-refractivity contribution in [1.29, 1.82) is 0 Å². The Morgan fingerprint density at radius 2 is 1.81 bits per heavy atom. The lowest BCUT2D eigenvalue weighted by atomic mass is 10.2. The predicted octanol–water partition coefficient (Wildman–Crippen LogP) is 4.71. The molecule has 0 bridgehead atoms. The number of benzene rings is 2. The van der Waals surface area contributed by atoms with Gasteiger partial charge in [-0.1, -0.05) is 23.7 Å². The first-order chi connectivity index (χ1) is 12.4. The van der Waals surface area contributed by atoms with Crippen LogP contribution in [0.1, 0.15) is 16.2 Å². The third kappa shape index (κ3) is 4.12. The van der Waals surface area contributed by atoms with E-state index in [0.29, 0.717) is 11.4 Å². The Morgan fingerprint density at radius 1 is 1.04 bits per heavy atom. The molecule has 26 heavy (non-hydrogen) atoms. The number of hydrogen-bond donors (Lipinski definition) is 2. The Hall–Kier alpha value is -3.06. The minimum atomic E-state index is -0.584. The summed E-state index contributed by atoms with van der Waals surface area (Å²) in [6.45, 7) is 1.68. The molecule has 132 valence electrons. The van der Waals surface area contributed by atoms with Gasteiger partial charge < -0.3 is 10.6 Å². The van der Waals surface area contributed by atoms with Crippen LogP contribution in [0.2, 0.25) is 5.02 Å². The van der Waals surface area contributed by atoms with E-state index in [2.05, 4.69) is 20.6 Å². The monoisotopic (exact) mass is 374 g/mol. The molecule has 0 saturated carbocycles. The molecule has 2 aromatic carbocycles. The van der Waals surface area contributed by atoms with E-state index >= 15 is 0 Å². The Balaban J connectivity index is 1.83. The SMILES string of the molecule is Cc1cc(C(=O)Nc2ccc(F)c(Cl)c2)nc(Nc2ccccc2F)n1. The molecule has 0 spiro atoms. The summed E-state index contributed by atoms with van der Waals surface area (Å²) in [5.41, 5.74) is 1.09. The molecule has 0 fully saturated rings. The van der Waals surface area contributed by atoms with Crippen molar-refractivity contribution < 1.29 is 13.6 Å². The molecule has 0 unspecified atom stereocenters. The third-order valence-corrected chi connectivity index (χ3v) is 3.67. The third-order valence-electron chi connectivity index (χ3n) is 3.38. The largest absolute Gasteiger partial charge is 0.322 e. The van der Waals surface area contributed by atoms with Crippen LogP contribution < -0.4 is 10.6 Å². The summed E-state index contributed by atoms with van der Waals surface area (Å²) in [7, 11) is 0. The van der Waals surface area contributed by atoms with E-state index < -0.39 is 17.5 Å². The van der Waals surface area contributed by atoms with Crippen molar-refractivity contribution in [2.24, 2.45) is 0 Å². The minimum absolute atomic E-state index is 0.0665. The normalized spacial score (nSPS) is 10.5. The Bertz CT molecular complexity index is 981. The molecule has 3 aromatic rings. The lowest BCUT2D eigenvalue weighted by Gasteiger charge is -2.09. The first-order valence-corrected chi connectivity index (χ1v) is 7.94. The molecule has 1 heterocycles. The molecular weight excluding hydrogens is 362 g/mol. The molecule has 8 heteroatoms. The van der Waals surface area contributed by atoms with Gasteiger partial charge in [0.2, 0.25) is 5.95 Å². The van der Waals surface area contributed by atoms with Crippen molar-refractivity contribution in [3.8, 4) is 0 Å². The maximum absolute atomic E-state index is 13.8. The summed E-state index contributed by atoms with van der Waals surface area (Å²) in [6.07, 6.45) is 0. The van der Waals surface area contributed by atoms with Crippen LogP contribution in [0.3, 0.4) is 0 Å². The smallest absolute Gasteiger partial charge is 0.274 e. The van der Waals surface area contributed by atoms with E-state index in [1.54, 1.807) is 19.1 Å². The van der Waals surface area contributed by atoms with E-state index in [1.165, 1.54) is 30.3 Å². The van der Waals surface area contributed by atoms with Crippen molar-refractivity contribution in [2.45, 2.75) is 6.92 Å². The van der Waals surface area contributed by atoms with Crippen LogP contribution in [0, 0.1) is 18.6 Å². The van der Waals surface area contributed by atoms with Gasteiger partial charge in [-0.15, -0.1) is 0 Å². The van der Waals surface area contributed by atoms with Crippen molar-refractivity contribution in [2.75, 3.05) is 10.6 Å². The zero-order valence-corrected chi connectivity index (χ0v) is 14.3. The molecule has 0 aliphatic rings. The summed E-state index contributed by atoms with van der Waals surface area (Å²) < 4.78 is 27.0. The zero-order valence-electron chi connectivity index (χ0n) is 13.6. The second kappa shape index (κ2) is 7.45. The predicted molar refractivity (Wildman–Crippen MR) is 95.8 cm³/mol. The molecule has 1 amide bonds. The quantitative estimate of drug-likeness (QED) is 0.694. The number of nitrogens with zero attached hydrogens (tertiary/aromatic N) is 2. The Morgan fingerprint density at radius 3 is 2.54 bits per heavy atom. The van der Waals surface area contributed by atoms with Crippen LogP contribution in [0.4, 0.5) is 26.1 Å². The number of rotatable bonds is 4. The highest BCUT2D eigenvalue weighted by Gasteiger charge is 2.13. The average Bonchev–Trinajstić information content (AvgIpc) is 2.60. The standard InChI is InChI=1S/C18H13ClF2N4O/c1-10-8-16(17(26)23-11-6-7-13(20)12(19)9-11)25-18(22-10)24-15-5-3-2-4-14(15)21/h2-9H,1H3,(H,23,26)(H,22,24,25). The van der Waals surface area contributed by atoms with Crippen molar-refractivity contribution in [3.63, 3.8) is 0 Å². The van der Waals surface area contributed by atoms with Gasteiger partial charge in [0.1, 0.15) is 17.3 Å². The molecular formula is C18H13ClF2N4O. The fraction of sp³-hybridized carbons (Fsp3) is 0.0556. The number of anilines is 3. The van der Waals surface area contributed by atoms with Crippen LogP contribution in [-0.4, -0.2) is 15.9 Å². The molecule has 0 aliphatic carbocycles. The molecule has 1 aromatic heterocycles. The highest BCUT2D eigenvalue weighted by Crippen LogP contribution is 2.21. The summed E-state index contributed by atoms with van der Waals surface area (Å²) in [5.74, 6) is -1.50. The summed E-state index contributed by atoms with van der Waals surface area (Å²) in [5, 5.41) is 5.21. The number of halogens is 3. The molecule has 2 N–H and O–H groups in total. The van der Waals surface area contributed by atoms with E-state index in [-0.39, 0.29) is 22.4 Å². The lowest BCUT2D eigenvalue weighted by Crippen LogP contribution is -2.15. The van der Waals surface area contributed by atoms with Crippen LogP contribution >= 0.6 is 11.6 Å². The van der Waals surface area contributed by atoms with E-state index in [0.717, 1.165) is 6.07 Å². The number of amides is 1. The number of aryl methyl sites for hydroxylation is 1. The van der Waals surface area contributed by atoms with Gasteiger partial charge in [-0.3, -0.25) is 4.79 Å². The number of para-hydroxylation sites is 1. The van der Waals surface area contributed by atoms with E-state index in [1.807, 2.05) is 0 Å². The number of hydrogen-bond acceptors (Lipinski definition) is 4. The van der Waals surface area contributed by atoms with Crippen LogP contribution in [0.15, 0.2) is 48.5 Å². The summed E-state index contributed by atoms with van der Waals surface area (Å²) >= 11 is 5.70. The Labute approximate surface area is 153 Å². The number of aromatic nitrogens is 2. The second-order valence-corrected chi connectivity index (χ2v) is 5.81. The number of carbonyl (C=O) groups is 1.